The van der Waals surface area contributed by atoms with E-state index in [9.17, 15) is 8.42 Å². The molecule has 0 spiro atoms. The second kappa shape index (κ2) is 5.50. The van der Waals surface area contributed by atoms with Gasteiger partial charge in [-0.25, -0.2) is 8.42 Å². The van der Waals surface area contributed by atoms with Gasteiger partial charge in [0.2, 0.25) is 9.05 Å². The average Bonchev–Trinajstić information content (AvgIpc) is 2.26. The topological polar surface area (TPSA) is 52.6 Å². The van der Waals surface area contributed by atoms with Gasteiger partial charge in [0.15, 0.2) is 11.5 Å². The first-order chi connectivity index (χ1) is 8.79. The molecule has 0 unspecified atom stereocenters. The van der Waals surface area contributed by atoms with Crippen LogP contribution in [0.15, 0.2) is 10.5 Å². The first-order valence-electron chi connectivity index (χ1n) is 5.83. The fourth-order valence-electron chi connectivity index (χ4n) is 2.14. The van der Waals surface area contributed by atoms with Gasteiger partial charge < -0.3 is 9.47 Å². The molecular formula is C12H14BrClO4S. The van der Waals surface area contributed by atoms with Gasteiger partial charge in [0.1, 0.15) is 13.2 Å². The highest BCUT2D eigenvalue weighted by atomic mass is 79.9. The lowest BCUT2D eigenvalue weighted by atomic mass is 9.97. The third kappa shape index (κ3) is 3.35. The molecule has 1 aromatic carbocycles. The molecule has 0 aromatic heterocycles. The maximum atomic E-state index is 11.3. The van der Waals surface area contributed by atoms with Gasteiger partial charge in [-0.15, -0.1) is 0 Å². The first-order valence-corrected chi connectivity index (χ1v) is 9.10. The lowest BCUT2D eigenvalue weighted by Crippen LogP contribution is -2.17. The van der Waals surface area contributed by atoms with E-state index in [1.807, 2.05) is 13.8 Å². The maximum absolute atomic E-state index is 11.3. The van der Waals surface area contributed by atoms with Crippen LogP contribution in [-0.4, -0.2) is 21.6 Å². The van der Waals surface area contributed by atoms with Crippen molar-refractivity contribution in [3.05, 3.63) is 21.7 Å². The fourth-order valence-corrected chi connectivity index (χ4v) is 4.12. The van der Waals surface area contributed by atoms with E-state index in [0.717, 1.165) is 10.0 Å². The minimum Gasteiger partial charge on any atom is -0.486 e. The van der Waals surface area contributed by atoms with Crippen LogP contribution in [0.3, 0.4) is 0 Å². The Morgan fingerprint density at radius 3 is 2.58 bits per heavy atom. The summed E-state index contributed by atoms with van der Waals surface area (Å²) in [6, 6.07) is 1.70. The third-order valence-corrected chi connectivity index (χ3v) is 4.57. The molecule has 19 heavy (non-hydrogen) atoms. The van der Waals surface area contributed by atoms with Crippen LogP contribution in [0.1, 0.15) is 30.9 Å². The van der Waals surface area contributed by atoms with Crippen LogP contribution in [0, 0.1) is 0 Å². The van der Waals surface area contributed by atoms with Crippen LogP contribution in [0.2, 0.25) is 0 Å². The summed E-state index contributed by atoms with van der Waals surface area (Å²) < 4.78 is 34.5. The Balaban J connectivity index is 2.61. The largest absolute Gasteiger partial charge is 0.486 e. The lowest BCUT2D eigenvalue weighted by molar-refractivity contribution is 0.170. The maximum Gasteiger partial charge on any atom is 0.236 e. The van der Waals surface area contributed by atoms with E-state index in [-0.39, 0.29) is 11.7 Å². The zero-order valence-corrected chi connectivity index (χ0v) is 13.7. The Hall–Kier alpha value is -0.460. The molecule has 4 nitrogen and oxygen atoms in total. The van der Waals surface area contributed by atoms with E-state index < -0.39 is 9.05 Å². The van der Waals surface area contributed by atoms with Crippen molar-refractivity contribution in [2.75, 3.05) is 13.2 Å². The first kappa shape index (κ1) is 14.9. The van der Waals surface area contributed by atoms with Crippen molar-refractivity contribution in [2.45, 2.75) is 25.5 Å². The third-order valence-electron chi connectivity index (χ3n) is 2.80. The molecule has 7 heteroatoms. The van der Waals surface area contributed by atoms with Crippen molar-refractivity contribution < 1.29 is 17.9 Å². The van der Waals surface area contributed by atoms with E-state index in [1.54, 1.807) is 6.07 Å². The number of benzene rings is 1. The summed E-state index contributed by atoms with van der Waals surface area (Å²) in [6.07, 6.45) is 0. The number of hydrogen-bond donors (Lipinski definition) is 0. The molecule has 0 N–H and O–H groups in total. The van der Waals surface area contributed by atoms with Crippen molar-refractivity contribution in [1.82, 2.24) is 0 Å². The molecule has 1 aliphatic rings. The minimum atomic E-state index is -3.62. The van der Waals surface area contributed by atoms with E-state index in [2.05, 4.69) is 15.9 Å². The van der Waals surface area contributed by atoms with Crippen molar-refractivity contribution >= 4 is 35.7 Å². The molecule has 0 fully saturated rings. The average molecular weight is 370 g/mol. The molecule has 106 valence electrons. The van der Waals surface area contributed by atoms with Gasteiger partial charge in [0, 0.05) is 10.7 Å². The van der Waals surface area contributed by atoms with Crippen LogP contribution >= 0.6 is 26.6 Å². The Labute approximate surface area is 125 Å². The Kier molecular flexibility index (Phi) is 4.32. The highest BCUT2D eigenvalue weighted by Crippen LogP contribution is 2.44. The van der Waals surface area contributed by atoms with Crippen LogP contribution < -0.4 is 9.47 Å². The van der Waals surface area contributed by atoms with Gasteiger partial charge in [0.25, 0.3) is 0 Å². The van der Waals surface area contributed by atoms with Crippen LogP contribution in [-0.2, 0) is 14.8 Å². The lowest BCUT2D eigenvalue weighted by Gasteiger charge is -2.24. The fraction of sp³-hybridized carbons (Fsp3) is 0.500. The summed E-state index contributed by atoms with van der Waals surface area (Å²) in [5.74, 6) is 1.10. The predicted molar refractivity (Wildman–Crippen MR) is 77.7 cm³/mol. The molecule has 0 bridgehead atoms. The summed E-state index contributed by atoms with van der Waals surface area (Å²) in [7, 11) is 1.74. The summed E-state index contributed by atoms with van der Waals surface area (Å²) in [6.45, 7) is 4.91. The number of hydrogen-bond acceptors (Lipinski definition) is 4. The van der Waals surface area contributed by atoms with Gasteiger partial charge in [-0.05, 0) is 39.0 Å². The number of ether oxygens (including phenoxy) is 2. The highest BCUT2D eigenvalue weighted by molar-refractivity contribution is 9.10. The van der Waals surface area contributed by atoms with E-state index in [1.165, 1.54) is 0 Å². The summed E-state index contributed by atoms with van der Waals surface area (Å²) in [4.78, 5) is 0. The zero-order chi connectivity index (χ0) is 14.2. The molecule has 2 rings (SSSR count). The summed E-state index contributed by atoms with van der Waals surface area (Å²) in [5.41, 5.74) is 1.52. The van der Waals surface area contributed by atoms with Crippen molar-refractivity contribution in [2.24, 2.45) is 0 Å². The molecule has 0 aliphatic carbocycles. The SMILES string of the molecule is CC(C)c1c(CS(=O)(=O)Cl)cc2c(c1Br)OCCO2. The smallest absolute Gasteiger partial charge is 0.236 e. The quantitative estimate of drug-likeness (QED) is 0.766. The second-order valence-corrected chi connectivity index (χ2v) is 8.20. The summed E-state index contributed by atoms with van der Waals surface area (Å²) >= 11 is 3.48. The number of fused-ring (bicyclic) bond motifs is 1. The van der Waals surface area contributed by atoms with Gasteiger partial charge in [-0.3, -0.25) is 0 Å². The molecular weight excluding hydrogens is 356 g/mol. The normalized spacial score (nSPS) is 14.8. The molecule has 0 radical (unpaired) electrons. The standard InChI is InChI=1S/C12H14BrClO4S/c1-7(2)10-8(6-19(14,15)16)5-9-12(11(10)13)18-4-3-17-9/h5,7H,3-4,6H2,1-2H3. The minimum absolute atomic E-state index is 0.138. The number of rotatable bonds is 3. The molecule has 1 heterocycles. The second-order valence-electron chi connectivity index (χ2n) is 4.63. The van der Waals surface area contributed by atoms with Crippen LogP contribution in [0.25, 0.3) is 0 Å². The molecule has 1 aromatic rings. The highest BCUT2D eigenvalue weighted by Gasteiger charge is 2.24. The summed E-state index contributed by atoms with van der Waals surface area (Å²) in [5, 5.41) is 0. The van der Waals surface area contributed by atoms with Crippen molar-refractivity contribution in [3.8, 4) is 11.5 Å². The van der Waals surface area contributed by atoms with Gasteiger partial charge in [-0.2, -0.15) is 0 Å². The molecule has 0 saturated heterocycles. The Morgan fingerprint density at radius 2 is 2.00 bits per heavy atom. The molecule has 1 aliphatic heterocycles. The van der Waals surface area contributed by atoms with Crippen molar-refractivity contribution in [3.63, 3.8) is 0 Å². The van der Waals surface area contributed by atoms with E-state index >= 15 is 0 Å². The van der Waals surface area contributed by atoms with Gasteiger partial charge in [0.05, 0.1) is 10.2 Å². The Morgan fingerprint density at radius 1 is 1.37 bits per heavy atom. The monoisotopic (exact) mass is 368 g/mol. The van der Waals surface area contributed by atoms with Gasteiger partial charge in [-0.1, -0.05) is 13.8 Å². The zero-order valence-electron chi connectivity index (χ0n) is 10.6. The number of halogens is 2. The van der Waals surface area contributed by atoms with Crippen LogP contribution in [0.5, 0.6) is 11.5 Å². The van der Waals surface area contributed by atoms with Crippen molar-refractivity contribution in [1.29, 1.82) is 0 Å². The molecule has 0 saturated carbocycles. The Bertz CT molecular complexity index is 598. The molecule has 0 atom stereocenters. The van der Waals surface area contributed by atoms with Gasteiger partial charge >= 0.3 is 0 Å². The predicted octanol–water partition coefficient (Wildman–Crippen LogP) is 3.41. The van der Waals surface area contributed by atoms with E-state index in [4.69, 9.17) is 20.2 Å². The van der Waals surface area contributed by atoms with E-state index in [0.29, 0.717) is 30.3 Å². The van der Waals surface area contributed by atoms with Crippen LogP contribution in [0.4, 0.5) is 0 Å². The molecule has 0 amide bonds.